The first-order valence-electron chi connectivity index (χ1n) is 6.05. The van der Waals surface area contributed by atoms with Gasteiger partial charge in [-0.15, -0.1) is 11.3 Å². The second-order valence-electron chi connectivity index (χ2n) is 4.05. The van der Waals surface area contributed by atoms with Gasteiger partial charge in [-0.2, -0.15) is 0 Å². The molecule has 18 heavy (non-hydrogen) atoms. The fourth-order valence-electron chi connectivity index (χ4n) is 1.55. The zero-order valence-electron chi connectivity index (χ0n) is 11.0. The Labute approximate surface area is 112 Å². The Balaban J connectivity index is 2.32. The maximum atomic E-state index is 5.44. The number of hydrogen-bond acceptors (Lipinski definition) is 4. The molecule has 4 N–H and O–H groups in total. The van der Waals surface area contributed by atoms with Crippen LogP contribution in [0.25, 0.3) is 0 Å². The van der Waals surface area contributed by atoms with Crippen molar-refractivity contribution in [2.75, 3.05) is 20.3 Å². The summed E-state index contributed by atoms with van der Waals surface area (Å²) in [7, 11) is 1.69. The number of hydrazine groups is 1. The van der Waals surface area contributed by atoms with Crippen LogP contribution < -0.4 is 16.6 Å². The zero-order chi connectivity index (χ0) is 13.2. The van der Waals surface area contributed by atoms with Gasteiger partial charge >= 0.3 is 0 Å². The van der Waals surface area contributed by atoms with Gasteiger partial charge in [0, 0.05) is 37.6 Å². The van der Waals surface area contributed by atoms with E-state index in [0.29, 0.717) is 25.2 Å². The molecule has 0 spiro atoms. The second kappa shape index (κ2) is 8.91. The van der Waals surface area contributed by atoms with Crippen LogP contribution in [0.1, 0.15) is 18.2 Å². The molecule has 0 aliphatic rings. The number of hydrogen-bond donors (Lipinski definition) is 3. The quantitative estimate of drug-likeness (QED) is 0.228. The molecule has 6 heteroatoms. The van der Waals surface area contributed by atoms with Crippen molar-refractivity contribution >= 4 is 17.3 Å². The number of rotatable bonds is 7. The van der Waals surface area contributed by atoms with Crippen LogP contribution in [0, 0.1) is 0 Å². The van der Waals surface area contributed by atoms with E-state index in [-0.39, 0.29) is 0 Å². The molecule has 0 radical (unpaired) electrons. The van der Waals surface area contributed by atoms with E-state index in [4.69, 9.17) is 10.6 Å². The van der Waals surface area contributed by atoms with E-state index in [1.807, 2.05) is 0 Å². The molecule has 0 amide bonds. The van der Waals surface area contributed by atoms with Gasteiger partial charge in [-0.25, -0.2) is 5.84 Å². The molecule has 0 aliphatic carbocycles. The number of nitrogens with one attached hydrogen (secondary N) is 2. The lowest BCUT2D eigenvalue weighted by molar-refractivity contribution is 0.197. The minimum Gasteiger partial charge on any atom is -0.385 e. The monoisotopic (exact) mass is 270 g/mol. The third-order valence-corrected chi connectivity index (χ3v) is 3.28. The van der Waals surface area contributed by atoms with Crippen molar-refractivity contribution in [3.05, 3.63) is 22.4 Å². The van der Waals surface area contributed by atoms with Crippen molar-refractivity contribution in [2.45, 2.75) is 25.8 Å². The highest BCUT2D eigenvalue weighted by molar-refractivity contribution is 7.09. The Morgan fingerprint density at radius 3 is 3.06 bits per heavy atom. The summed E-state index contributed by atoms with van der Waals surface area (Å²) in [5.41, 5.74) is 2.59. The number of guanidine groups is 1. The highest BCUT2D eigenvalue weighted by atomic mass is 32.1. The molecular weight excluding hydrogens is 248 g/mol. The summed E-state index contributed by atoms with van der Waals surface area (Å²) in [6.45, 7) is 3.53. The van der Waals surface area contributed by atoms with Gasteiger partial charge in [0.25, 0.3) is 0 Å². The lowest BCUT2D eigenvalue weighted by Gasteiger charge is -2.15. The van der Waals surface area contributed by atoms with Crippen LogP contribution in [-0.2, 0) is 11.2 Å². The second-order valence-corrected chi connectivity index (χ2v) is 5.08. The smallest absolute Gasteiger partial charge is 0.205 e. The summed E-state index contributed by atoms with van der Waals surface area (Å²) in [6.07, 6.45) is 1.86. The molecule has 0 aromatic carbocycles. The molecule has 102 valence electrons. The van der Waals surface area contributed by atoms with Crippen LogP contribution in [0.2, 0.25) is 0 Å². The predicted octanol–water partition coefficient (Wildman–Crippen LogP) is 1.12. The summed E-state index contributed by atoms with van der Waals surface area (Å²) in [4.78, 5) is 5.69. The first kappa shape index (κ1) is 14.9. The van der Waals surface area contributed by atoms with Gasteiger partial charge in [-0.1, -0.05) is 6.07 Å². The SMILES string of the molecule is COCCCN=C(NN)NC(C)Cc1cccs1. The van der Waals surface area contributed by atoms with Gasteiger partial charge < -0.3 is 10.1 Å². The number of nitrogens with two attached hydrogens (primary N) is 1. The lowest BCUT2D eigenvalue weighted by atomic mass is 10.2. The molecule has 1 aromatic rings. The number of thiophene rings is 1. The van der Waals surface area contributed by atoms with Gasteiger partial charge in [0.15, 0.2) is 0 Å². The summed E-state index contributed by atoms with van der Waals surface area (Å²) in [5.74, 6) is 6.07. The molecule has 0 saturated carbocycles. The fraction of sp³-hybridized carbons (Fsp3) is 0.583. The maximum absolute atomic E-state index is 5.44. The standard InChI is InChI=1S/C12H22N4OS/c1-10(9-11-5-3-8-18-11)15-12(16-13)14-6-4-7-17-2/h3,5,8,10H,4,6-7,9,13H2,1-2H3,(H2,14,15,16). The maximum Gasteiger partial charge on any atom is 0.205 e. The third-order valence-electron chi connectivity index (χ3n) is 2.38. The topological polar surface area (TPSA) is 71.7 Å². The van der Waals surface area contributed by atoms with Crippen LogP contribution in [-0.4, -0.2) is 32.3 Å². The Morgan fingerprint density at radius 2 is 2.44 bits per heavy atom. The van der Waals surface area contributed by atoms with E-state index in [2.05, 4.69) is 40.2 Å². The highest BCUT2D eigenvalue weighted by Gasteiger charge is 2.06. The molecule has 1 aromatic heterocycles. The van der Waals surface area contributed by atoms with Gasteiger partial charge in [0.1, 0.15) is 0 Å². The van der Waals surface area contributed by atoms with Crippen molar-refractivity contribution in [1.82, 2.24) is 10.7 Å². The Kier molecular flexibility index (Phi) is 7.40. The summed E-state index contributed by atoms with van der Waals surface area (Å²) in [5, 5.41) is 5.35. The molecule has 1 heterocycles. The number of nitrogens with zero attached hydrogens (tertiary/aromatic N) is 1. The molecule has 5 nitrogen and oxygen atoms in total. The first-order chi connectivity index (χ1) is 8.76. The molecular formula is C12H22N4OS. The Hall–Kier alpha value is -1.11. The van der Waals surface area contributed by atoms with Crippen LogP contribution in [0.4, 0.5) is 0 Å². The van der Waals surface area contributed by atoms with Crippen LogP contribution in [0.5, 0.6) is 0 Å². The van der Waals surface area contributed by atoms with Crippen LogP contribution in [0.3, 0.4) is 0 Å². The highest BCUT2D eigenvalue weighted by Crippen LogP contribution is 2.10. The number of aliphatic imine (C=N–C) groups is 1. The normalized spacial score (nSPS) is 13.4. The van der Waals surface area contributed by atoms with Gasteiger partial charge in [-0.3, -0.25) is 10.4 Å². The van der Waals surface area contributed by atoms with E-state index in [9.17, 15) is 0 Å². The average Bonchev–Trinajstić information content (AvgIpc) is 2.85. The van der Waals surface area contributed by atoms with Crippen molar-refractivity contribution in [2.24, 2.45) is 10.8 Å². The predicted molar refractivity (Wildman–Crippen MR) is 76.7 cm³/mol. The molecule has 1 rings (SSSR count). The van der Waals surface area contributed by atoms with Crippen LogP contribution >= 0.6 is 11.3 Å². The molecule has 0 fully saturated rings. The van der Waals surface area contributed by atoms with Crippen molar-refractivity contribution in [1.29, 1.82) is 0 Å². The average molecular weight is 270 g/mol. The minimum atomic E-state index is 0.292. The largest absolute Gasteiger partial charge is 0.385 e. The van der Waals surface area contributed by atoms with E-state index < -0.39 is 0 Å². The molecule has 1 atom stereocenters. The van der Waals surface area contributed by atoms with Crippen LogP contribution in [0.15, 0.2) is 22.5 Å². The lowest BCUT2D eigenvalue weighted by Crippen LogP contribution is -2.46. The van der Waals surface area contributed by atoms with Crippen molar-refractivity contribution < 1.29 is 4.74 Å². The summed E-state index contributed by atoms with van der Waals surface area (Å²) < 4.78 is 4.97. The summed E-state index contributed by atoms with van der Waals surface area (Å²) in [6, 6.07) is 4.49. The molecule has 0 saturated heterocycles. The first-order valence-corrected chi connectivity index (χ1v) is 6.93. The van der Waals surface area contributed by atoms with E-state index in [0.717, 1.165) is 12.8 Å². The molecule has 0 bridgehead atoms. The minimum absolute atomic E-state index is 0.292. The molecule has 0 aliphatic heterocycles. The van der Waals surface area contributed by atoms with Crippen molar-refractivity contribution in [3.63, 3.8) is 0 Å². The van der Waals surface area contributed by atoms with E-state index in [1.165, 1.54) is 4.88 Å². The number of methoxy groups -OCH3 is 1. The fourth-order valence-corrected chi connectivity index (χ4v) is 2.38. The number of ether oxygens (including phenoxy) is 1. The zero-order valence-corrected chi connectivity index (χ0v) is 11.8. The van der Waals surface area contributed by atoms with Gasteiger partial charge in [-0.05, 0) is 24.8 Å². The molecule has 1 unspecified atom stereocenters. The Bertz CT molecular complexity index is 340. The third kappa shape index (κ3) is 6.00. The Morgan fingerprint density at radius 1 is 1.61 bits per heavy atom. The van der Waals surface area contributed by atoms with E-state index >= 15 is 0 Å². The summed E-state index contributed by atoms with van der Waals surface area (Å²) >= 11 is 1.76. The van der Waals surface area contributed by atoms with Gasteiger partial charge in [0.05, 0.1) is 0 Å². The van der Waals surface area contributed by atoms with Crippen molar-refractivity contribution in [3.8, 4) is 0 Å². The van der Waals surface area contributed by atoms with Gasteiger partial charge in [0.2, 0.25) is 5.96 Å². The van der Waals surface area contributed by atoms with E-state index in [1.54, 1.807) is 18.4 Å².